The normalized spacial score (nSPS) is 10.3. The van der Waals surface area contributed by atoms with E-state index in [2.05, 4.69) is 10.6 Å². The quantitative estimate of drug-likeness (QED) is 0.787. The van der Waals surface area contributed by atoms with E-state index in [1.54, 1.807) is 6.07 Å². The van der Waals surface area contributed by atoms with Gasteiger partial charge in [-0.25, -0.2) is 4.39 Å². The fourth-order valence-electron chi connectivity index (χ4n) is 1.98. The van der Waals surface area contributed by atoms with Gasteiger partial charge in [0.15, 0.2) is 0 Å². The van der Waals surface area contributed by atoms with Gasteiger partial charge in [-0.2, -0.15) is 0 Å². The highest BCUT2D eigenvalue weighted by Gasteiger charge is 2.14. The number of carbonyl (C=O) groups excluding carboxylic acids is 2. The molecule has 2 aromatic carbocycles. The van der Waals surface area contributed by atoms with Gasteiger partial charge in [-0.15, -0.1) is 0 Å². The SMILES string of the molecule is COCCNC(=O)c1ccc(NC(=O)c2ccccc2F)cc1Cl. The molecule has 0 heterocycles. The highest BCUT2D eigenvalue weighted by Crippen LogP contribution is 2.22. The molecule has 2 rings (SSSR count). The molecule has 0 fully saturated rings. The maximum absolute atomic E-state index is 13.6. The van der Waals surface area contributed by atoms with Crippen molar-refractivity contribution in [3.63, 3.8) is 0 Å². The number of benzene rings is 2. The van der Waals surface area contributed by atoms with Crippen LogP contribution in [-0.4, -0.2) is 32.1 Å². The van der Waals surface area contributed by atoms with Crippen molar-refractivity contribution in [2.24, 2.45) is 0 Å². The largest absolute Gasteiger partial charge is 0.383 e. The van der Waals surface area contributed by atoms with Gasteiger partial charge in [0.2, 0.25) is 0 Å². The molecule has 0 spiro atoms. The fourth-order valence-corrected chi connectivity index (χ4v) is 2.25. The van der Waals surface area contributed by atoms with Crippen molar-refractivity contribution in [1.82, 2.24) is 5.32 Å². The third-order valence-electron chi connectivity index (χ3n) is 3.18. The summed E-state index contributed by atoms with van der Waals surface area (Å²) in [5.41, 5.74) is 0.563. The minimum atomic E-state index is -0.616. The van der Waals surface area contributed by atoms with Crippen LogP contribution in [0.15, 0.2) is 42.5 Å². The van der Waals surface area contributed by atoms with Crippen LogP contribution < -0.4 is 10.6 Å². The Kier molecular flexibility index (Phi) is 6.28. The van der Waals surface area contributed by atoms with Crippen molar-refractivity contribution >= 4 is 29.1 Å². The predicted molar refractivity (Wildman–Crippen MR) is 90.0 cm³/mol. The Morgan fingerprint density at radius 1 is 1.12 bits per heavy atom. The van der Waals surface area contributed by atoms with Crippen molar-refractivity contribution in [3.05, 3.63) is 64.4 Å². The number of hydrogen-bond donors (Lipinski definition) is 2. The highest BCUT2D eigenvalue weighted by molar-refractivity contribution is 6.34. The minimum Gasteiger partial charge on any atom is -0.383 e. The smallest absolute Gasteiger partial charge is 0.258 e. The number of halogens is 2. The summed E-state index contributed by atoms with van der Waals surface area (Å²) in [6.07, 6.45) is 0. The van der Waals surface area contributed by atoms with Gasteiger partial charge in [0.25, 0.3) is 11.8 Å². The molecule has 7 heteroatoms. The molecule has 24 heavy (non-hydrogen) atoms. The van der Waals surface area contributed by atoms with Crippen LogP contribution in [0.4, 0.5) is 10.1 Å². The topological polar surface area (TPSA) is 67.4 Å². The molecule has 0 aliphatic rings. The molecule has 0 saturated carbocycles. The summed E-state index contributed by atoms with van der Waals surface area (Å²) in [6.45, 7) is 0.748. The van der Waals surface area contributed by atoms with Crippen molar-refractivity contribution in [1.29, 1.82) is 0 Å². The van der Waals surface area contributed by atoms with E-state index in [1.807, 2.05) is 0 Å². The summed E-state index contributed by atoms with van der Waals surface area (Å²) < 4.78 is 18.4. The fraction of sp³-hybridized carbons (Fsp3) is 0.176. The number of amides is 2. The summed E-state index contributed by atoms with van der Waals surface area (Å²) in [4.78, 5) is 24.0. The van der Waals surface area contributed by atoms with E-state index < -0.39 is 11.7 Å². The molecule has 0 aromatic heterocycles. The van der Waals surface area contributed by atoms with Crippen LogP contribution in [0.5, 0.6) is 0 Å². The number of hydrogen-bond acceptors (Lipinski definition) is 3. The van der Waals surface area contributed by atoms with Crippen molar-refractivity contribution < 1.29 is 18.7 Å². The molecule has 0 radical (unpaired) electrons. The lowest BCUT2D eigenvalue weighted by Gasteiger charge is -2.10. The zero-order chi connectivity index (χ0) is 17.5. The number of nitrogens with one attached hydrogen (secondary N) is 2. The number of methoxy groups -OCH3 is 1. The Labute approximate surface area is 143 Å². The Morgan fingerprint density at radius 2 is 1.88 bits per heavy atom. The molecule has 0 aliphatic heterocycles. The molecule has 0 atom stereocenters. The Balaban J connectivity index is 2.08. The van der Waals surface area contributed by atoms with E-state index in [9.17, 15) is 14.0 Å². The van der Waals surface area contributed by atoms with Gasteiger partial charge in [0, 0.05) is 19.3 Å². The molecule has 0 aliphatic carbocycles. The summed E-state index contributed by atoms with van der Waals surface area (Å²) in [7, 11) is 1.53. The van der Waals surface area contributed by atoms with Crippen LogP contribution in [0.3, 0.4) is 0 Å². The first-order valence-corrected chi connectivity index (χ1v) is 7.53. The first-order valence-electron chi connectivity index (χ1n) is 7.15. The third kappa shape index (κ3) is 4.53. The van der Waals surface area contributed by atoms with Gasteiger partial charge in [-0.05, 0) is 30.3 Å². The van der Waals surface area contributed by atoms with Gasteiger partial charge in [-0.1, -0.05) is 23.7 Å². The second kappa shape index (κ2) is 8.42. The molecular formula is C17H16ClFN2O3. The summed E-state index contributed by atoms with van der Waals surface area (Å²) in [5.74, 6) is -1.55. The summed E-state index contributed by atoms with van der Waals surface area (Å²) in [5, 5.41) is 5.37. The lowest BCUT2D eigenvalue weighted by molar-refractivity contribution is 0.0936. The first kappa shape index (κ1) is 17.9. The average molecular weight is 351 g/mol. The molecule has 2 amide bonds. The van der Waals surface area contributed by atoms with Gasteiger partial charge in [0.05, 0.1) is 22.8 Å². The van der Waals surface area contributed by atoms with Gasteiger partial charge >= 0.3 is 0 Å². The highest BCUT2D eigenvalue weighted by atomic mass is 35.5. The van der Waals surface area contributed by atoms with E-state index in [0.717, 1.165) is 0 Å². The molecule has 2 aromatic rings. The maximum atomic E-state index is 13.6. The molecule has 0 unspecified atom stereocenters. The minimum absolute atomic E-state index is 0.0741. The first-order chi connectivity index (χ1) is 11.5. The maximum Gasteiger partial charge on any atom is 0.258 e. The Bertz CT molecular complexity index is 752. The van der Waals surface area contributed by atoms with Gasteiger partial charge in [0.1, 0.15) is 5.82 Å². The van der Waals surface area contributed by atoms with E-state index in [-0.39, 0.29) is 22.1 Å². The van der Waals surface area contributed by atoms with E-state index >= 15 is 0 Å². The van der Waals surface area contributed by atoms with E-state index in [4.69, 9.17) is 16.3 Å². The number of anilines is 1. The molecule has 2 N–H and O–H groups in total. The van der Waals surface area contributed by atoms with Crippen molar-refractivity contribution in [3.8, 4) is 0 Å². The summed E-state index contributed by atoms with van der Waals surface area (Å²) >= 11 is 6.08. The molecule has 5 nitrogen and oxygen atoms in total. The summed E-state index contributed by atoms with van der Waals surface area (Å²) in [6, 6.07) is 10.1. The zero-order valence-corrected chi connectivity index (χ0v) is 13.7. The number of ether oxygens (including phenoxy) is 1. The van der Waals surface area contributed by atoms with Crippen LogP contribution in [0.25, 0.3) is 0 Å². The Morgan fingerprint density at radius 3 is 2.54 bits per heavy atom. The van der Waals surface area contributed by atoms with Crippen LogP contribution in [0.2, 0.25) is 5.02 Å². The molecule has 0 bridgehead atoms. The predicted octanol–water partition coefficient (Wildman–Crippen LogP) is 3.11. The van der Waals surface area contributed by atoms with Crippen LogP contribution in [-0.2, 0) is 4.74 Å². The zero-order valence-electron chi connectivity index (χ0n) is 12.9. The van der Waals surface area contributed by atoms with Crippen LogP contribution in [0.1, 0.15) is 20.7 Å². The van der Waals surface area contributed by atoms with Crippen molar-refractivity contribution in [2.75, 3.05) is 25.6 Å². The van der Waals surface area contributed by atoms with Gasteiger partial charge < -0.3 is 15.4 Å². The standard InChI is InChI=1S/C17H16ClFN2O3/c1-24-9-8-20-16(22)12-7-6-11(10-14(12)18)21-17(23)13-4-2-3-5-15(13)19/h2-7,10H,8-9H2,1H3,(H,20,22)(H,21,23). The molecule has 0 saturated heterocycles. The second-order valence-corrected chi connectivity index (χ2v) is 5.28. The monoisotopic (exact) mass is 350 g/mol. The number of rotatable bonds is 6. The second-order valence-electron chi connectivity index (χ2n) is 4.88. The van der Waals surface area contributed by atoms with Crippen molar-refractivity contribution in [2.45, 2.75) is 0 Å². The van der Waals surface area contributed by atoms with Crippen LogP contribution in [0, 0.1) is 5.82 Å². The Hall–Kier alpha value is -2.44. The third-order valence-corrected chi connectivity index (χ3v) is 3.49. The number of carbonyl (C=O) groups is 2. The van der Waals surface area contributed by atoms with E-state index in [0.29, 0.717) is 18.8 Å². The molecular weight excluding hydrogens is 335 g/mol. The lowest BCUT2D eigenvalue weighted by Crippen LogP contribution is -2.27. The molecule has 126 valence electrons. The lowest BCUT2D eigenvalue weighted by atomic mass is 10.1. The van der Waals surface area contributed by atoms with E-state index in [1.165, 1.54) is 43.5 Å². The van der Waals surface area contributed by atoms with Crippen LogP contribution >= 0.6 is 11.6 Å². The average Bonchev–Trinajstić information content (AvgIpc) is 2.55. The van der Waals surface area contributed by atoms with Gasteiger partial charge in [-0.3, -0.25) is 9.59 Å².